The van der Waals surface area contributed by atoms with Gasteiger partial charge in [-0.1, -0.05) is 12.1 Å². The molecule has 0 spiro atoms. The monoisotopic (exact) mass is 259 g/mol. The largest absolute Gasteiger partial charge is 0.497 e. The second-order valence-electron chi connectivity index (χ2n) is 4.85. The number of aromatic nitrogens is 2. The number of aromatic amines is 1. The number of nitrogens with two attached hydrogens (primary N) is 1. The highest BCUT2D eigenvalue weighted by atomic mass is 16.5. The summed E-state index contributed by atoms with van der Waals surface area (Å²) >= 11 is 0. The first kappa shape index (κ1) is 12.2. The molecular formula is C14H17N3O2. The quantitative estimate of drug-likeness (QED) is 0.868. The molecule has 3 rings (SSSR count). The van der Waals surface area contributed by atoms with E-state index in [4.69, 9.17) is 15.2 Å². The number of H-pyrrole nitrogens is 1. The summed E-state index contributed by atoms with van der Waals surface area (Å²) in [6, 6.07) is 7.87. The Kier molecular flexibility index (Phi) is 3.00. The van der Waals surface area contributed by atoms with Crippen LogP contribution in [0.5, 0.6) is 5.75 Å². The fraction of sp³-hybridized carbons (Fsp3) is 0.357. The number of rotatable bonds is 4. The molecule has 2 heterocycles. The van der Waals surface area contributed by atoms with Crippen molar-refractivity contribution in [3.8, 4) is 17.0 Å². The minimum Gasteiger partial charge on any atom is -0.497 e. The van der Waals surface area contributed by atoms with E-state index in [0.717, 1.165) is 22.8 Å². The fourth-order valence-corrected chi connectivity index (χ4v) is 2.23. The summed E-state index contributed by atoms with van der Waals surface area (Å²) in [5, 5.41) is 0. The first-order valence-corrected chi connectivity index (χ1v) is 6.25. The maximum atomic E-state index is 5.83. The maximum absolute atomic E-state index is 5.83. The van der Waals surface area contributed by atoms with Crippen LogP contribution in [0.3, 0.4) is 0 Å². The summed E-state index contributed by atoms with van der Waals surface area (Å²) in [6.07, 6.45) is 1.83. The molecule has 0 aliphatic carbocycles. The van der Waals surface area contributed by atoms with E-state index in [-0.39, 0.29) is 5.41 Å². The molecule has 0 saturated carbocycles. The van der Waals surface area contributed by atoms with Crippen LogP contribution in [0.4, 0.5) is 0 Å². The molecule has 2 aromatic rings. The molecule has 0 amide bonds. The van der Waals surface area contributed by atoms with Gasteiger partial charge in [-0.25, -0.2) is 4.98 Å². The van der Waals surface area contributed by atoms with Crippen molar-refractivity contribution in [1.29, 1.82) is 0 Å². The van der Waals surface area contributed by atoms with Crippen LogP contribution >= 0.6 is 0 Å². The predicted molar refractivity (Wildman–Crippen MR) is 72.1 cm³/mol. The molecule has 1 aromatic carbocycles. The van der Waals surface area contributed by atoms with Gasteiger partial charge in [0.25, 0.3) is 0 Å². The van der Waals surface area contributed by atoms with Gasteiger partial charge in [0.05, 0.1) is 37.6 Å². The number of hydrogen-bond donors (Lipinski definition) is 2. The molecule has 100 valence electrons. The fourth-order valence-electron chi connectivity index (χ4n) is 2.23. The van der Waals surface area contributed by atoms with Crippen LogP contribution in [0.1, 0.15) is 5.82 Å². The van der Waals surface area contributed by atoms with Crippen molar-refractivity contribution in [3.63, 3.8) is 0 Å². The lowest BCUT2D eigenvalue weighted by molar-refractivity contribution is -0.0589. The van der Waals surface area contributed by atoms with Gasteiger partial charge in [0, 0.05) is 12.1 Å². The van der Waals surface area contributed by atoms with Gasteiger partial charge >= 0.3 is 0 Å². The van der Waals surface area contributed by atoms with Crippen LogP contribution < -0.4 is 10.5 Å². The molecule has 1 aliphatic rings. The van der Waals surface area contributed by atoms with Crippen LogP contribution in [0.15, 0.2) is 30.5 Å². The van der Waals surface area contributed by atoms with Gasteiger partial charge in [-0.3, -0.25) is 0 Å². The minimum absolute atomic E-state index is 0.142. The SMILES string of the molecule is COc1cccc(-c2cnc(C3(CN)COC3)[nH]2)c1. The van der Waals surface area contributed by atoms with Gasteiger partial charge in [0.15, 0.2) is 0 Å². The van der Waals surface area contributed by atoms with Crippen LogP contribution in [0.2, 0.25) is 0 Å². The summed E-state index contributed by atoms with van der Waals surface area (Å²) < 4.78 is 10.5. The average Bonchev–Trinajstić information content (AvgIpc) is 2.88. The first-order valence-electron chi connectivity index (χ1n) is 6.25. The number of benzene rings is 1. The zero-order chi connectivity index (χ0) is 13.3. The van der Waals surface area contributed by atoms with Crippen LogP contribution in [-0.2, 0) is 10.2 Å². The van der Waals surface area contributed by atoms with Gasteiger partial charge in [0.1, 0.15) is 11.6 Å². The Bertz CT molecular complexity index is 570. The third-order valence-corrected chi connectivity index (χ3v) is 3.61. The third-order valence-electron chi connectivity index (χ3n) is 3.61. The Morgan fingerprint density at radius 2 is 2.32 bits per heavy atom. The molecule has 0 unspecified atom stereocenters. The molecule has 5 heteroatoms. The molecule has 1 fully saturated rings. The lowest BCUT2D eigenvalue weighted by atomic mass is 9.85. The summed E-state index contributed by atoms with van der Waals surface area (Å²) in [6.45, 7) is 1.81. The molecule has 5 nitrogen and oxygen atoms in total. The first-order chi connectivity index (χ1) is 9.27. The summed E-state index contributed by atoms with van der Waals surface area (Å²) in [4.78, 5) is 7.80. The van der Waals surface area contributed by atoms with Crippen LogP contribution in [-0.4, -0.2) is 36.8 Å². The summed E-state index contributed by atoms with van der Waals surface area (Å²) in [5.41, 5.74) is 7.71. The molecule has 0 atom stereocenters. The molecule has 1 aliphatic heterocycles. The highest BCUT2D eigenvalue weighted by Crippen LogP contribution is 2.31. The zero-order valence-electron chi connectivity index (χ0n) is 10.8. The lowest BCUT2D eigenvalue weighted by Crippen LogP contribution is -2.52. The van der Waals surface area contributed by atoms with E-state index in [2.05, 4.69) is 9.97 Å². The zero-order valence-corrected chi connectivity index (χ0v) is 10.8. The second kappa shape index (κ2) is 4.68. The number of imidazole rings is 1. The molecule has 1 saturated heterocycles. The average molecular weight is 259 g/mol. The van der Waals surface area contributed by atoms with Gasteiger partial charge < -0.3 is 20.2 Å². The smallest absolute Gasteiger partial charge is 0.119 e. The Labute approximate surface area is 111 Å². The highest BCUT2D eigenvalue weighted by molar-refractivity contribution is 5.60. The number of nitrogens with one attached hydrogen (secondary N) is 1. The van der Waals surface area contributed by atoms with Crippen molar-refractivity contribution in [3.05, 3.63) is 36.3 Å². The van der Waals surface area contributed by atoms with Crippen LogP contribution in [0.25, 0.3) is 11.3 Å². The summed E-state index contributed by atoms with van der Waals surface area (Å²) in [5.74, 6) is 1.73. The third kappa shape index (κ3) is 2.01. The van der Waals surface area contributed by atoms with Crippen molar-refractivity contribution in [2.45, 2.75) is 5.41 Å². The Morgan fingerprint density at radius 1 is 1.47 bits per heavy atom. The number of ether oxygens (including phenoxy) is 2. The van der Waals surface area contributed by atoms with E-state index < -0.39 is 0 Å². The van der Waals surface area contributed by atoms with Crippen molar-refractivity contribution in [1.82, 2.24) is 9.97 Å². The van der Waals surface area contributed by atoms with Crippen molar-refractivity contribution >= 4 is 0 Å². The van der Waals surface area contributed by atoms with E-state index in [1.54, 1.807) is 7.11 Å². The molecule has 3 N–H and O–H groups in total. The minimum atomic E-state index is -0.142. The Hall–Kier alpha value is -1.85. The highest BCUT2D eigenvalue weighted by Gasteiger charge is 2.41. The molecular weight excluding hydrogens is 242 g/mol. The number of hydrogen-bond acceptors (Lipinski definition) is 4. The van der Waals surface area contributed by atoms with Gasteiger partial charge in [-0.2, -0.15) is 0 Å². The lowest BCUT2D eigenvalue weighted by Gasteiger charge is -2.38. The molecule has 1 aromatic heterocycles. The van der Waals surface area contributed by atoms with Crippen LogP contribution in [0, 0.1) is 0 Å². The topological polar surface area (TPSA) is 73.2 Å². The predicted octanol–water partition coefficient (Wildman–Crippen LogP) is 1.31. The van der Waals surface area contributed by atoms with Gasteiger partial charge in [0.2, 0.25) is 0 Å². The Balaban J connectivity index is 1.92. The van der Waals surface area contributed by atoms with E-state index >= 15 is 0 Å². The van der Waals surface area contributed by atoms with E-state index in [1.165, 1.54) is 0 Å². The van der Waals surface area contributed by atoms with Crippen molar-refractivity contribution in [2.75, 3.05) is 26.9 Å². The summed E-state index contributed by atoms with van der Waals surface area (Å²) in [7, 11) is 1.66. The molecule has 0 radical (unpaired) electrons. The van der Waals surface area contributed by atoms with E-state index in [1.807, 2.05) is 30.5 Å². The van der Waals surface area contributed by atoms with Gasteiger partial charge in [-0.15, -0.1) is 0 Å². The van der Waals surface area contributed by atoms with E-state index in [0.29, 0.717) is 19.8 Å². The van der Waals surface area contributed by atoms with Gasteiger partial charge in [-0.05, 0) is 12.1 Å². The normalized spacial score (nSPS) is 16.9. The Morgan fingerprint density at radius 3 is 2.95 bits per heavy atom. The molecule has 0 bridgehead atoms. The molecule has 19 heavy (non-hydrogen) atoms. The standard InChI is InChI=1S/C14H17N3O2/c1-18-11-4-2-3-10(5-11)12-6-16-13(17-12)14(7-15)8-19-9-14/h2-6H,7-9,15H2,1H3,(H,16,17). The van der Waals surface area contributed by atoms with E-state index in [9.17, 15) is 0 Å². The number of methoxy groups -OCH3 is 1. The number of nitrogens with zero attached hydrogens (tertiary/aromatic N) is 1. The van der Waals surface area contributed by atoms with Crippen molar-refractivity contribution in [2.24, 2.45) is 5.73 Å². The maximum Gasteiger partial charge on any atom is 0.119 e. The van der Waals surface area contributed by atoms with Crippen molar-refractivity contribution < 1.29 is 9.47 Å². The second-order valence-corrected chi connectivity index (χ2v) is 4.85.